The zero-order valence-electron chi connectivity index (χ0n) is 14.4. The number of nitrogens with zero attached hydrogens (tertiary/aromatic N) is 1. The Balaban J connectivity index is 1.45. The highest BCUT2D eigenvalue weighted by Gasteiger charge is 2.24. The van der Waals surface area contributed by atoms with Crippen LogP contribution in [0.25, 0.3) is 0 Å². The molecule has 1 fully saturated rings. The largest absolute Gasteiger partial charge is 0.489 e. The summed E-state index contributed by atoms with van der Waals surface area (Å²) in [4.78, 5) is 12.8. The van der Waals surface area contributed by atoms with E-state index in [1.807, 2.05) is 0 Å². The lowest BCUT2D eigenvalue weighted by Gasteiger charge is -2.20. The fourth-order valence-corrected chi connectivity index (χ4v) is 3.15. The summed E-state index contributed by atoms with van der Waals surface area (Å²) in [5, 5.41) is 8.55. The van der Waals surface area contributed by atoms with E-state index in [0.29, 0.717) is 6.61 Å². The molecule has 0 saturated carbocycles. The van der Waals surface area contributed by atoms with E-state index in [-0.39, 0.29) is 12.7 Å². The Labute approximate surface area is 148 Å². The van der Waals surface area contributed by atoms with Crippen LogP contribution in [0.2, 0.25) is 0 Å². The molecule has 25 heavy (non-hydrogen) atoms. The number of benzene rings is 1. The first-order chi connectivity index (χ1) is 12.2. The third-order valence-corrected chi connectivity index (χ3v) is 4.47. The van der Waals surface area contributed by atoms with E-state index < -0.39 is 5.97 Å². The van der Waals surface area contributed by atoms with Gasteiger partial charge in [-0.1, -0.05) is 18.2 Å². The SMILES string of the molecule is O=C(O)COCCc1ccc(N2CCC(OC3=CCCC=C3)C2)cc1. The summed E-state index contributed by atoms with van der Waals surface area (Å²) in [5.41, 5.74) is 2.35. The molecule has 1 aliphatic carbocycles. The number of carbonyl (C=O) groups is 1. The van der Waals surface area contributed by atoms with Crippen molar-refractivity contribution in [3.8, 4) is 0 Å². The lowest BCUT2D eigenvalue weighted by atomic mass is 10.1. The highest BCUT2D eigenvalue weighted by atomic mass is 16.5. The second-order valence-electron chi connectivity index (χ2n) is 6.42. The lowest BCUT2D eigenvalue weighted by Crippen LogP contribution is -2.22. The number of carboxylic acids is 1. The zero-order valence-corrected chi connectivity index (χ0v) is 14.4. The Hall–Kier alpha value is -2.27. The molecule has 1 aliphatic heterocycles. The van der Waals surface area contributed by atoms with Crippen molar-refractivity contribution in [1.29, 1.82) is 0 Å². The third-order valence-electron chi connectivity index (χ3n) is 4.47. The van der Waals surface area contributed by atoms with E-state index in [1.165, 1.54) is 5.69 Å². The molecule has 5 heteroatoms. The van der Waals surface area contributed by atoms with Crippen LogP contribution in [0, 0.1) is 0 Å². The molecule has 1 saturated heterocycles. The van der Waals surface area contributed by atoms with Gasteiger partial charge in [0.05, 0.1) is 13.2 Å². The topological polar surface area (TPSA) is 59.0 Å². The van der Waals surface area contributed by atoms with Crippen LogP contribution in [0.4, 0.5) is 5.69 Å². The first kappa shape index (κ1) is 17.5. The predicted octanol–water partition coefficient (Wildman–Crippen LogP) is 3.16. The average Bonchev–Trinajstić information content (AvgIpc) is 3.08. The summed E-state index contributed by atoms with van der Waals surface area (Å²) in [5.74, 6) is 0.0791. The van der Waals surface area contributed by atoms with E-state index in [4.69, 9.17) is 14.6 Å². The molecule has 1 heterocycles. The molecule has 0 aromatic heterocycles. The molecule has 2 aliphatic rings. The van der Waals surface area contributed by atoms with Crippen LogP contribution in [0.3, 0.4) is 0 Å². The number of rotatable bonds is 8. The molecule has 0 radical (unpaired) electrons. The smallest absolute Gasteiger partial charge is 0.329 e. The van der Waals surface area contributed by atoms with E-state index in [0.717, 1.165) is 50.1 Å². The van der Waals surface area contributed by atoms with Gasteiger partial charge in [0.25, 0.3) is 0 Å². The summed E-state index contributed by atoms with van der Waals surface area (Å²) in [6.07, 6.45) is 10.6. The fraction of sp³-hybridized carbons (Fsp3) is 0.450. The van der Waals surface area contributed by atoms with Gasteiger partial charge in [-0.25, -0.2) is 4.79 Å². The summed E-state index contributed by atoms with van der Waals surface area (Å²) in [6, 6.07) is 8.41. The minimum atomic E-state index is -0.930. The second kappa shape index (κ2) is 8.72. The van der Waals surface area contributed by atoms with Gasteiger partial charge >= 0.3 is 5.97 Å². The van der Waals surface area contributed by atoms with Crippen LogP contribution < -0.4 is 4.90 Å². The van der Waals surface area contributed by atoms with E-state index in [1.54, 1.807) is 0 Å². The minimum absolute atomic E-state index is 0.237. The molecule has 0 amide bonds. The van der Waals surface area contributed by atoms with Gasteiger partial charge in [0.2, 0.25) is 0 Å². The van der Waals surface area contributed by atoms with Crippen molar-refractivity contribution in [2.75, 3.05) is 31.2 Å². The molecule has 5 nitrogen and oxygen atoms in total. The molecule has 0 spiro atoms. The van der Waals surface area contributed by atoms with Crippen LogP contribution in [0.15, 0.2) is 48.3 Å². The maximum absolute atomic E-state index is 10.4. The quantitative estimate of drug-likeness (QED) is 0.735. The van der Waals surface area contributed by atoms with Gasteiger partial charge in [0.1, 0.15) is 18.5 Å². The number of anilines is 1. The Kier molecular flexibility index (Phi) is 6.12. The third kappa shape index (κ3) is 5.36. The van der Waals surface area contributed by atoms with E-state index in [2.05, 4.69) is 47.4 Å². The van der Waals surface area contributed by atoms with Gasteiger partial charge in [-0.05, 0) is 49.1 Å². The maximum Gasteiger partial charge on any atom is 0.329 e. The molecule has 1 aromatic rings. The number of hydrogen-bond donors (Lipinski definition) is 1. The van der Waals surface area contributed by atoms with Crippen LogP contribution in [0.1, 0.15) is 24.8 Å². The normalized spacial score (nSPS) is 19.8. The number of carboxylic acid groups (broad SMARTS) is 1. The summed E-state index contributed by atoms with van der Waals surface area (Å²) < 4.78 is 11.2. The average molecular weight is 343 g/mol. The Morgan fingerprint density at radius 1 is 1.24 bits per heavy atom. The van der Waals surface area contributed by atoms with Crippen molar-refractivity contribution in [3.05, 3.63) is 53.8 Å². The van der Waals surface area contributed by atoms with Gasteiger partial charge in [0, 0.05) is 18.7 Å². The highest BCUT2D eigenvalue weighted by Crippen LogP contribution is 2.24. The van der Waals surface area contributed by atoms with Crippen molar-refractivity contribution in [2.24, 2.45) is 0 Å². The zero-order chi connectivity index (χ0) is 17.5. The Morgan fingerprint density at radius 2 is 2.08 bits per heavy atom. The summed E-state index contributed by atoms with van der Waals surface area (Å²) >= 11 is 0. The summed E-state index contributed by atoms with van der Waals surface area (Å²) in [6.45, 7) is 2.10. The first-order valence-corrected chi connectivity index (χ1v) is 8.87. The van der Waals surface area contributed by atoms with E-state index >= 15 is 0 Å². The molecule has 1 N–H and O–H groups in total. The second-order valence-corrected chi connectivity index (χ2v) is 6.42. The van der Waals surface area contributed by atoms with Gasteiger partial charge in [-0.3, -0.25) is 0 Å². The van der Waals surface area contributed by atoms with Crippen LogP contribution in [-0.4, -0.2) is 43.5 Å². The van der Waals surface area contributed by atoms with Gasteiger partial charge in [-0.2, -0.15) is 0 Å². The number of ether oxygens (including phenoxy) is 2. The molecule has 3 rings (SSSR count). The molecule has 1 unspecified atom stereocenters. The molecular formula is C20H25NO4. The van der Waals surface area contributed by atoms with Gasteiger partial charge < -0.3 is 19.5 Å². The molecule has 134 valence electrons. The number of allylic oxidation sites excluding steroid dienone is 3. The van der Waals surface area contributed by atoms with Crippen molar-refractivity contribution >= 4 is 11.7 Å². The number of aliphatic carboxylic acids is 1. The van der Waals surface area contributed by atoms with Crippen LogP contribution in [-0.2, 0) is 20.7 Å². The summed E-state index contributed by atoms with van der Waals surface area (Å²) in [7, 11) is 0. The standard InChI is InChI=1S/C20H25NO4/c22-20(23)15-24-13-11-16-6-8-17(9-7-16)21-12-10-19(14-21)25-18-4-2-1-3-5-18/h2,4-9,19H,1,3,10-15H2,(H,22,23). The lowest BCUT2D eigenvalue weighted by molar-refractivity contribution is -0.142. The molecule has 1 atom stereocenters. The highest BCUT2D eigenvalue weighted by molar-refractivity contribution is 5.67. The molecular weight excluding hydrogens is 318 g/mol. The van der Waals surface area contributed by atoms with Gasteiger partial charge in [-0.15, -0.1) is 0 Å². The Morgan fingerprint density at radius 3 is 2.80 bits per heavy atom. The molecule has 0 bridgehead atoms. The minimum Gasteiger partial charge on any atom is -0.489 e. The van der Waals surface area contributed by atoms with Crippen LogP contribution >= 0.6 is 0 Å². The first-order valence-electron chi connectivity index (χ1n) is 8.87. The number of hydrogen-bond acceptors (Lipinski definition) is 4. The van der Waals surface area contributed by atoms with Crippen molar-refractivity contribution in [3.63, 3.8) is 0 Å². The predicted molar refractivity (Wildman–Crippen MR) is 96.8 cm³/mol. The fourth-order valence-electron chi connectivity index (χ4n) is 3.15. The maximum atomic E-state index is 10.4. The monoisotopic (exact) mass is 343 g/mol. The Bertz CT molecular complexity index is 636. The van der Waals surface area contributed by atoms with Crippen molar-refractivity contribution in [1.82, 2.24) is 0 Å². The molecule has 1 aromatic carbocycles. The van der Waals surface area contributed by atoms with Crippen LogP contribution in [0.5, 0.6) is 0 Å². The van der Waals surface area contributed by atoms with Crippen molar-refractivity contribution in [2.45, 2.75) is 31.8 Å². The van der Waals surface area contributed by atoms with Crippen molar-refractivity contribution < 1.29 is 19.4 Å². The van der Waals surface area contributed by atoms with E-state index in [9.17, 15) is 4.79 Å². The van der Waals surface area contributed by atoms with Gasteiger partial charge in [0.15, 0.2) is 0 Å².